The summed E-state index contributed by atoms with van der Waals surface area (Å²) in [5.41, 5.74) is 1.04. The lowest BCUT2D eigenvalue weighted by atomic mass is 9.99. The summed E-state index contributed by atoms with van der Waals surface area (Å²) < 4.78 is 7.63. The van der Waals surface area contributed by atoms with Crippen molar-refractivity contribution in [3.8, 4) is 5.88 Å². The molecular weight excluding hydrogens is 292 g/mol. The van der Waals surface area contributed by atoms with Gasteiger partial charge in [0.05, 0.1) is 19.0 Å². The molecule has 0 spiro atoms. The number of nitrogens with zero attached hydrogens (tertiary/aromatic N) is 6. The van der Waals surface area contributed by atoms with Crippen molar-refractivity contribution >= 4 is 11.3 Å². The Bertz CT molecular complexity index is 774. The van der Waals surface area contributed by atoms with Crippen molar-refractivity contribution in [1.82, 2.24) is 24.6 Å². The summed E-state index contributed by atoms with van der Waals surface area (Å²) in [5.74, 6) is 2.03. The molecule has 0 radical (unpaired) electrons. The van der Waals surface area contributed by atoms with Gasteiger partial charge in [0.2, 0.25) is 5.88 Å². The van der Waals surface area contributed by atoms with E-state index in [4.69, 9.17) is 4.74 Å². The van der Waals surface area contributed by atoms with Crippen LogP contribution in [0, 0.1) is 5.92 Å². The molecule has 1 saturated heterocycles. The van der Waals surface area contributed by atoms with Gasteiger partial charge in [-0.1, -0.05) is 0 Å². The number of hydrogen-bond donors (Lipinski definition) is 0. The highest BCUT2D eigenvalue weighted by atomic mass is 16.5. The SMILES string of the molecule is c1cnc(OCC2CCCN(c3nccn4nccc34)C2)cn1. The third-order valence-electron chi connectivity index (χ3n) is 4.13. The summed E-state index contributed by atoms with van der Waals surface area (Å²) in [6.45, 7) is 2.59. The van der Waals surface area contributed by atoms with Crippen LogP contribution in [-0.4, -0.2) is 44.3 Å². The zero-order valence-corrected chi connectivity index (χ0v) is 12.7. The first-order valence-corrected chi connectivity index (χ1v) is 7.82. The van der Waals surface area contributed by atoms with Gasteiger partial charge in [0.25, 0.3) is 0 Å². The topological polar surface area (TPSA) is 68.4 Å². The second kappa shape index (κ2) is 6.20. The number of aromatic nitrogens is 5. The van der Waals surface area contributed by atoms with E-state index in [0.29, 0.717) is 18.4 Å². The Kier molecular flexibility index (Phi) is 3.75. The molecule has 3 aromatic rings. The zero-order valence-electron chi connectivity index (χ0n) is 12.7. The van der Waals surface area contributed by atoms with Crippen LogP contribution in [0.4, 0.5) is 5.82 Å². The van der Waals surface area contributed by atoms with Gasteiger partial charge >= 0.3 is 0 Å². The highest BCUT2D eigenvalue weighted by molar-refractivity contribution is 5.68. The molecule has 118 valence electrons. The molecular formula is C16H18N6O. The van der Waals surface area contributed by atoms with Crippen LogP contribution >= 0.6 is 0 Å². The summed E-state index contributed by atoms with van der Waals surface area (Å²) in [6, 6.07) is 2.00. The van der Waals surface area contributed by atoms with Gasteiger partial charge in [-0.15, -0.1) is 0 Å². The normalized spacial score (nSPS) is 18.3. The van der Waals surface area contributed by atoms with E-state index in [1.807, 2.05) is 16.8 Å². The van der Waals surface area contributed by atoms with Crippen molar-refractivity contribution in [2.24, 2.45) is 5.92 Å². The molecule has 4 heterocycles. The number of rotatable bonds is 4. The van der Waals surface area contributed by atoms with E-state index in [1.165, 1.54) is 0 Å². The number of anilines is 1. The molecule has 1 atom stereocenters. The van der Waals surface area contributed by atoms with Crippen molar-refractivity contribution in [3.05, 3.63) is 43.2 Å². The Labute approximate surface area is 134 Å². The van der Waals surface area contributed by atoms with Gasteiger partial charge in [-0.05, 0) is 18.9 Å². The van der Waals surface area contributed by atoms with Crippen molar-refractivity contribution in [1.29, 1.82) is 0 Å². The maximum absolute atomic E-state index is 5.76. The average molecular weight is 310 g/mol. The largest absolute Gasteiger partial charge is 0.476 e. The Hall–Kier alpha value is -2.70. The lowest BCUT2D eigenvalue weighted by Gasteiger charge is -2.33. The molecule has 1 aliphatic heterocycles. The standard InChI is InChI=1S/C16H18N6O/c1-2-13(12-23-15-10-17-5-6-18-15)11-21(8-1)16-14-3-4-20-22(14)9-7-19-16/h3-7,9-10,13H,1-2,8,11-12H2. The number of hydrogen-bond acceptors (Lipinski definition) is 6. The average Bonchev–Trinajstić information content (AvgIpc) is 3.10. The van der Waals surface area contributed by atoms with E-state index in [0.717, 1.165) is 37.3 Å². The molecule has 7 nitrogen and oxygen atoms in total. The van der Waals surface area contributed by atoms with Gasteiger partial charge < -0.3 is 9.64 Å². The Morgan fingerprint density at radius 2 is 2.17 bits per heavy atom. The summed E-state index contributed by atoms with van der Waals surface area (Å²) in [6.07, 6.45) is 12.7. The van der Waals surface area contributed by atoms with Crippen LogP contribution < -0.4 is 9.64 Å². The van der Waals surface area contributed by atoms with Crippen molar-refractivity contribution in [3.63, 3.8) is 0 Å². The van der Waals surface area contributed by atoms with Crippen molar-refractivity contribution in [2.45, 2.75) is 12.8 Å². The van der Waals surface area contributed by atoms with Crippen LogP contribution in [0.25, 0.3) is 5.52 Å². The Morgan fingerprint density at radius 3 is 3.09 bits per heavy atom. The lowest BCUT2D eigenvalue weighted by molar-refractivity contribution is 0.221. The van der Waals surface area contributed by atoms with Crippen LogP contribution in [0.5, 0.6) is 5.88 Å². The molecule has 0 N–H and O–H groups in total. The second-order valence-corrected chi connectivity index (χ2v) is 5.72. The molecule has 7 heteroatoms. The lowest BCUT2D eigenvalue weighted by Crippen LogP contribution is -2.38. The number of ether oxygens (including phenoxy) is 1. The van der Waals surface area contributed by atoms with E-state index < -0.39 is 0 Å². The molecule has 4 rings (SSSR count). The van der Waals surface area contributed by atoms with Crippen molar-refractivity contribution < 1.29 is 4.74 Å². The molecule has 0 bridgehead atoms. The highest BCUT2D eigenvalue weighted by Crippen LogP contribution is 2.25. The molecule has 0 amide bonds. The van der Waals surface area contributed by atoms with E-state index in [1.54, 1.807) is 31.0 Å². The minimum Gasteiger partial charge on any atom is -0.476 e. The van der Waals surface area contributed by atoms with Crippen LogP contribution in [0.1, 0.15) is 12.8 Å². The molecule has 1 aliphatic rings. The first kappa shape index (κ1) is 13.9. The third kappa shape index (κ3) is 2.94. The Balaban J connectivity index is 1.46. The predicted octanol–water partition coefficient (Wildman–Crippen LogP) is 1.81. The fraction of sp³-hybridized carbons (Fsp3) is 0.375. The van der Waals surface area contributed by atoms with Gasteiger partial charge in [-0.25, -0.2) is 14.5 Å². The fourth-order valence-electron chi connectivity index (χ4n) is 3.04. The molecule has 0 saturated carbocycles. The number of fused-ring (bicyclic) bond motifs is 1. The summed E-state index contributed by atoms with van der Waals surface area (Å²) >= 11 is 0. The van der Waals surface area contributed by atoms with Crippen LogP contribution in [0.15, 0.2) is 43.2 Å². The maximum atomic E-state index is 5.76. The van der Waals surface area contributed by atoms with Crippen LogP contribution in [-0.2, 0) is 0 Å². The molecule has 3 aromatic heterocycles. The van der Waals surface area contributed by atoms with Gasteiger partial charge in [0.15, 0.2) is 5.82 Å². The van der Waals surface area contributed by atoms with Gasteiger partial charge in [-0.2, -0.15) is 5.10 Å². The third-order valence-corrected chi connectivity index (χ3v) is 4.13. The molecule has 23 heavy (non-hydrogen) atoms. The highest BCUT2D eigenvalue weighted by Gasteiger charge is 2.23. The Morgan fingerprint density at radius 1 is 1.17 bits per heavy atom. The molecule has 0 aromatic carbocycles. The zero-order chi connectivity index (χ0) is 15.5. The minimum atomic E-state index is 0.454. The number of piperidine rings is 1. The van der Waals surface area contributed by atoms with Gasteiger partial charge in [-0.3, -0.25) is 4.98 Å². The van der Waals surface area contributed by atoms with E-state index in [-0.39, 0.29) is 0 Å². The predicted molar refractivity (Wildman–Crippen MR) is 85.5 cm³/mol. The van der Waals surface area contributed by atoms with E-state index in [2.05, 4.69) is 25.0 Å². The molecule has 1 fully saturated rings. The van der Waals surface area contributed by atoms with E-state index in [9.17, 15) is 0 Å². The summed E-state index contributed by atoms with van der Waals surface area (Å²) in [4.78, 5) is 15.1. The fourth-order valence-corrected chi connectivity index (χ4v) is 3.04. The van der Waals surface area contributed by atoms with Crippen LogP contribution in [0.3, 0.4) is 0 Å². The molecule has 1 unspecified atom stereocenters. The first-order chi connectivity index (χ1) is 11.4. The quantitative estimate of drug-likeness (QED) is 0.732. The minimum absolute atomic E-state index is 0.454. The van der Waals surface area contributed by atoms with Crippen molar-refractivity contribution in [2.75, 3.05) is 24.6 Å². The summed E-state index contributed by atoms with van der Waals surface area (Å²) in [7, 11) is 0. The van der Waals surface area contributed by atoms with E-state index >= 15 is 0 Å². The van der Waals surface area contributed by atoms with Gasteiger partial charge in [0.1, 0.15) is 5.52 Å². The van der Waals surface area contributed by atoms with Crippen LogP contribution in [0.2, 0.25) is 0 Å². The smallest absolute Gasteiger partial charge is 0.232 e. The van der Waals surface area contributed by atoms with Gasteiger partial charge in [0, 0.05) is 43.8 Å². The maximum Gasteiger partial charge on any atom is 0.232 e. The second-order valence-electron chi connectivity index (χ2n) is 5.72. The molecule has 0 aliphatic carbocycles. The summed E-state index contributed by atoms with van der Waals surface area (Å²) in [5, 5.41) is 4.28. The monoisotopic (exact) mass is 310 g/mol. The first-order valence-electron chi connectivity index (χ1n) is 7.82.